The van der Waals surface area contributed by atoms with Crippen LogP contribution in [0.1, 0.15) is 5.56 Å². The van der Waals surface area contributed by atoms with Crippen molar-refractivity contribution in [1.82, 2.24) is 14.4 Å². The Labute approximate surface area is 152 Å². The molecule has 2 aromatic carbocycles. The van der Waals surface area contributed by atoms with E-state index in [1.807, 2.05) is 30.3 Å². The minimum Gasteiger partial charge on any atom is -0.408 e. The average Bonchev–Trinajstić information content (AvgIpc) is 2.99. The van der Waals surface area contributed by atoms with Gasteiger partial charge < -0.3 is 4.42 Å². The fraction of sp³-hybridized carbons (Fsp3) is 0.286. The van der Waals surface area contributed by atoms with E-state index in [0.29, 0.717) is 12.3 Å². The van der Waals surface area contributed by atoms with Crippen molar-refractivity contribution in [2.75, 3.05) is 32.7 Å². The fourth-order valence-corrected chi connectivity index (χ4v) is 3.36. The number of para-hydroxylation sites is 2. The van der Waals surface area contributed by atoms with Crippen LogP contribution < -0.4 is 5.76 Å². The predicted molar refractivity (Wildman–Crippen MR) is 104 cm³/mol. The number of oxazole rings is 1. The van der Waals surface area contributed by atoms with Crippen LogP contribution in [-0.4, -0.2) is 47.1 Å². The van der Waals surface area contributed by atoms with Gasteiger partial charge in [0, 0.05) is 32.7 Å². The molecule has 0 atom stereocenters. The summed E-state index contributed by atoms with van der Waals surface area (Å²) in [5.74, 6) is -0.278. The van der Waals surface area contributed by atoms with Crippen molar-refractivity contribution in [3.63, 3.8) is 0 Å². The number of piperazine rings is 1. The molecule has 134 valence electrons. The van der Waals surface area contributed by atoms with Gasteiger partial charge in [0.15, 0.2) is 5.58 Å². The minimum absolute atomic E-state index is 0.278. The van der Waals surface area contributed by atoms with Gasteiger partial charge in [0.1, 0.15) is 0 Å². The van der Waals surface area contributed by atoms with Crippen LogP contribution in [0.25, 0.3) is 17.2 Å². The van der Waals surface area contributed by atoms with E-state index in [1.165, 1.54) is 5.56 Å². The number of nitrogens with zero attached hydrogens (tertiary/aromatic N) is 3. The van der Waals surface area contributed by atoms with E-state index in [2.05, 4.69) is 46.2 Å². The number of hydrogen-bond donors (Lipinski definition) is 0. The van der Waals surface area contributed by atoms with E-state index in [4.69, 9.17) is 4.42 Å². The summed E-state index contributed by atoms with van der Waals surface area (Å²) in [5, 5.41) is 0. The number of rotatable bonds is 5. The van der Waals surface area contributed by atoms with Gasteiger partial charge >= 0.3 is 5.76 Å². The van der Waals surface area contributed by atoms with Gasteiger partial charge in [-0.05, 0) is 17.7 Å². The van der Waals surface area contributed by atoms with Crippen LogP contribution in [0.5, 0.6) is 0 Å². The molecule has 0 amide bonds. The Morgan fingerprint density at radius 1 is 0.885 bits per heavy atom. The van der Waals surface area contributed by atoms with E-state index in [9.17, 15) is 4.79 Å². The second-order valence-electron chi connectivity index (χ2n) is 6.64. The first-order valence-electron chi connectivity index (χ1n) is 9.04. The van der Waals surface area contributed by atoms with E-state index in [1.54, 1.807) is 4.57 Å². The van der Waals surface area contributed by atoms with E-state index >= 15 is 0 Å². The van der Waals surface area contributed by atoms with Crippen molar-refractivity contribution >= 4 is 17.2 Å². The lowest BCUT2D eigenvalue weighted by molar-refractivity contribution is 0.114. The van der Waals surface area contributed by atoms with Gasteiger partial charge in [-0.2, -0.15) is 0 Å². The molecule has 0 N–H and O–H groups in total. The molecule has 1 aliphatic heterocycles. The lowest BCUT2D eigenvalue weighted by Gasteiger charge is -2.34. The second-order valence-corrected chi connectivity index (χ2v) is 6.64. The van der Waals surface area contributed by atoms with Gasteiger partial charge in [-0.25, -0.2) is 4.79 Å². The quantitative estimate of drug-likeness (QED) is 0.710. The monoisotopic (exact) mass is 349 g/mol. The SMILES string of the molecule is O=c1oc2ccccc2n1CN1CCN(C/C=C/c2ccccc2)CC1. The van der Waals surface area contributed by atoms with Crippen molar-refractivity contribution in [3.05, 3.63) is 76.8 Å². The summed E-state index contributed by atoms with van der Waals surface area (Å²) in [4.78, 5) is 16.8. The number of fused-ring (bicyclic) bond motifs is 1. The third kappa shape index (κ3) is 3.79. The van der Waals surface area contributed by atoms with Crippen LogP contribution in [0.3, 0.4) is 0 Å². The Balaban J connectivity index is 1.32. The molecule has 1 aromatic heterocycles. The summed E-state index contributed by atoms with van der Waals surface area (Å²) in [6.45, 7) is 5.45. The molecular weight excluding hydrogens is 326 g/mol. The molecule has 5 heteroatoms. The van der Waals surface area contributed by atoms with Crippen LogP contribution in [0, 0.1) is 0 Å². The third-order valence-electron chi connectivity index (χ3n) is 4.85. The zero-order valence-corrected chi connectivity index (χ0v) is 14.8. The molecule has 0 spiro atoms. The molecule has 1 aliphatic rings. The lowest BCUT2D eigenvalue weighted by Crippen LogP contribution is -2.47. The van der Waals surface area contributed by atoms with Gasteiger partial charge in [0.05, 0.1) is 12.2 Å². The Morgan fingerprint density at radius 2 is 1.58 bits per heavy atom. The van der Waals surface area contributed by atoms with Crippen molar-refractivity contribution in [1.29, 1.82) is 0 Å². The standard InChI is InChI=1S/C21H23N3O2/c25-21-24(19-10-4-5-11-20(19)26-21)17-23-15-13-22(14-16-23)12-6-9-18-7-2-1-3-8-18/h1-11H,12-17H2/b9-6+. The molecule has 0 bridgehead atoms. The highest BCUT2D eigenvalue weighted by molar-refractivity contribution is 5.72. The smallest absolute Gasteiger partial charge is 0.408 e. The fourth-order valence-electron chi connectivity index (χ4n) is 3.36. The Bertz CT molecular complexity index is 935. The lowest BCUT2D eigenvalue weighted by atomic mass is 10.2. The van der Waals surface area contributed by atoms with Crippen molar-refractivity contribution < 1.29 is 4.42 Å². The van der Waals surface area contributed by atoms with Gasteiger partial charge in [-0.3, -0.25) is 14.4 Å². The highest BCUT2D eigenvalue weighted by Gasteiger charge is 2.18. The zero-order chi connectivity index (χ0) is 17.8. The van der Waals surface area contributed by atoms with Crippen molar-refractivity contribution in [2.45, 2.75) is 6.67 Å². The summed E-state index contributed by atoms with van der Waals surface area (Å²) in [7, 11) is 0. The molecule has 1 fully saturated rings. The molecule has 3 aromatic rings. The molecule has 0 radical (unpaired) electrons. The zero-order valence-electron chi connectivity index (χ0n) is 14.8. The Morgan fingerprint density at radius 3 is 2.38 bits per heavy atom. The number of aromatic nitrogens is 1. The highest BCUT2D eigenvalue weighted by atomic mass is 16.4. The maximum Gasteiger partial charge on any atom is 0.421 e. The first-order chi connectivity index (χ1) is 12.8. The maximum atomic E-state index is 12.1. The molecule has 0 saturated carbocycles. The summed E-state index contributed by atoms with van der Waals surface area (Å²) >= 11 is 0. The summed E-state index contributed by atoms with van der Waals surface area (Å²) in [5.41, 5.74) is 2.75. The molecule has 0 unspecified atom stereocenters. The normalized spacial score (nSPS) is 16.6. The summed E-state index contributed by atoms with van der Waals surface area (Å²) in [6, 6.07) is 18.0. The van der Waals surface area contributed by atoms with Gasteiger partial charge in [-0.1, -0.05) is 54.6 Å². The molecule has 2 heterocycles. The average molecular weight is 349 g/mol. The number of hydrogen-bond acceptors (Lipinski definition) is 4. The van der Waals surface area contributed by atoms with Crippen LogP contribution >= 0.6 is 0 Å². The van der Waals surface area contributed by atoms with Crippen molar-refractivity contribution in [3.8, 4) is 0 Å². The highest BCUT2D eigenvalue weighted by Crippen LogP contribution is 2.13. The van der Waals surface area contributed by atoms with Crippen molar-refractivity contribution in [2.24, 2.45) is 0 Å². The first kappa shape index (κ1) is 16.8. The van der Waals surface area contributed by atoms with Crippen LogP contribution in [0.2, 0.25) is 0 Å². The maximum absolute atomic E-state index is 12.1. The van der Waals surface area contributed by atoms with Gasteiger partial charge in [0.25, 0.3) is 0 Å². The van der Waals surface area contributed by atoms with Gasteiger partial charge in [-0.15, -0.1) is 0 Å². The Kier molecular flexibility index (Phi) is 5.00. The van der Waals surface area contributed by atoms with E-state index < -0.39 is 0 Å². The summed E-state index contributed by atoms with van der Waals surface area (Å²) < 4.78 is 7.04. The van der Waals surface area contributed by atoms with E-state index in [-0.39, 0.29) is 5.76 Å². The molecular formula is C21H23N3O2. The second kappa shape index (κ2) is 7.72. The van der Waals surface area contributed by atoms with E-state index in [0.717, 1.165) is 38.2 Å². The largest absolute Gasteiger partial charge is 0.421 e. The predicted octanol–water partition coefficient (Wildman–Crippen LogP) is 2.88. The molecule has 26 heavy (non-hydrogen) atoms. The topological polar surface area (TPSA) is 41.6 Å². The molecule has 5 nitrogen and oxygen atoms in total. The summed E-state index contributed by atoms with van der Waals surface area (Å²) in [6.07, 6.45) is 4.39. The molecule has 1 saturated heterocycles. The molecule has 0 aliphatic carbocycles. The first-order valence-corrected chi connectivity index (χ1v) is 9.04. The van der Waals surface area contributed by atoms with Crippen LogP contribution in [0.4, 0.5) is 0 Å². The minimum atomic E-state index is -0.278. The van der Waals surface area contributed by atoms with Crippen LogP contribution in [-0.2, 0) is 6.67 Å². The third-order valence-corrected chi connectivity index (χ3v) is 4.85. The van der Waals surface area contributed by atoms with Gasteiger partial charge in [0.2, 0.25) is 0 Å². The number of benzene rings is 2. The van der Waals surface area contributed by atoms with Crippen LogP contribution in [0.15, 0.2) is 69.9 Å². The Hall–Kier alpha value is -2.63. The molecule has 4 rings (SSSR count).